The smallest absolute Gasteiger partial charge is 0.338 e. The number of anilines is 1. The Bertz CT molecular complexity index is 1270. The van der Waals surface area contributed by atoms with Gasteiger partial charge >= 0.3 is 12.0 Å². The van der Waals surface area contributed by atoms with Crippen LogP contribution in [0.1, 0.15) is 21.7 Å². The van der Waals surface area contributed by atoms with Crippen LogP contribution < -0.4 is 10.2 Å². The summed E-state index contributed by atoms with van der Waals surface area (Å²) < 4.78 is 10.6. The highest BCUT2D eigenvalue weighted by Gasteiger charge is 2.37. The molecular formula is C24H18N2O6. The van der Waals surface area contributed by atoms with Gasteiger partial charge in [0.25, 0.3) is 11.8 Å². The fourth-order valence-corrected chi connectivity index (χ4v) is 3.29. The summed E-state index contributed by atoms with van der Waals surface area (Å²) in [5, 5.41) is 2.17. The van der Waals surface area contributed by atoms with Crippen molar-refractivity contribution in [1.82, 2.24) is 5.32 Å². The molecule has 2 heterocycles. The maximum Gasteiger partial charge on any atom is 0.338 e. The third kappa shape index (κ3) is 3.81. The summed E-state index contributed by atoms with van der Waals surface area (Å²) in [6, 6.07) is 15.8. The highest BCUT2D eigenvalue weighted by atomic mass is 16.5. The van der Waals surface area contributed by atoms with E-state index in [0.717, 1.165) is 10.5 Å². The van der Waals surface area contributed by atoms with E-state index >= 15 is 0 Å². The Morgan fingerprint density at radius 1 is 1.00 bits per heavy atom. The first-order valence-electron chi connectivity index (χ1n) is 9.64. The van der Waals surface area contributed by atoms with Crippen LogP contribution in [0.25, 0.3) is 17.4 Å². The minimum Gasteiger partial charge on any atom is -0.465 e. The van der Waals surface area contributed by atoms with Gasteiger partial charge in [0, 0.05) is 5.56 Å². The Labute approximate surface area is 183 Å². The van der Waals surface area contributed by atoms with Crippen LogP contribution in [0, 0.1) is 6.92 Å². The van der Waals surface area contributed by atoms with Gasteiger partial charge in [0.1, 0.15) is 17.1 Å². The number of benzene rings is 2. The molecule has 0 saturated carbocycles. The molecule has 8 nitrogen and oxygen atoms in total. The molecule has 0 bridgehead atoms. The lowest BCUT2D eigenvalue weighted by Crippen LogP contribution is -2.54. The van der Waals surface area contributed by atoms with Crippen molar-refractivity contribution in [2.24, 2.45) is 0 Å². The van der Waals surface area contributed by atoms with Crippen molar-refractivity contribution in [3.05, 3.63) is 83.1 Å². The summed E-state index contributed by atoms with van der Waals surface area (Å²) in [5.74, 6) is -1.55. The van der Waals surface area contributed by atoms with Gasteiger partial charge in [0.05, 0.1) is 18.4 Å². The number of urea groups is 1. The molecule has 32 heavy (non-hydrogen) atoms. The fourth-order valence-electron chi connectivity index (χ4n) is 3.29. The molecule has 1 fully saturated rings. The van der Waals surface area contributed by atoms with Gasteiger partial charge in [-0.2, -0.15) is 0 Å². The van der Waals surface area contributed by atoms with Gasteiger partial charge in [-0.3, -0.25) is 14.9 Å². The van der Waals surface area contributed by atoms with Gasteiger partial charge < -0.3 is 9.15 Å². The molecule has 3 aromatic rings. The fraction of sp³-hybridized carbons (Fsp3) is 0.0833. The first-order valence-corrected chi connectivity index (χ1v) is 9.64. The van der Waals surface area contributed by atoms with Crippen LogP contribution in [-0.4, -0.2) is 30.9 Å². The maximum absolute atomic E-state index is 13.0. The Morgan fingerprint density at radius 3 is 2.44 bits per heavy atom. The molecule has 1 saturated heterocycles. The molecule has 0 spiro atoms. The first kappa shape index (κ1) is 20.8. The zero-order valence-corrected chi connectivity index (χ0v) is 17.2. The second-order valence-corrected chi connectivity index (χ2v) is 7.03. The summed E-state index contributed by atoms with van der Waals surface area (Å²) in [6.07, 6.45) is 1.26. The summed E-state index contributed by atoms with van der Waals surface area (Å²) in [7, 11) is 1.28. The number of carbonyl (C=O) groups excluding carboxylic acids is 4. The average Bonchev–Trinajstić information content (AvgIpc) is 3.26. The van der Waals surface area contributed by atoms with Gasteiger partial charge in [0.15, 0.2) is 0 Å². The number of imide groups is 2. The summed E-state index contributed by atoms with van der Waals surface area (Å²) in [4.78, 5) is 50.5. The minimum absolute atomic E-state index is 0.205. The van der Waals surface area contributed by atoms with E-state index < -0.39 is 23.8 Å². The number of aryl methyl sites for hydroxylation is 1. The molecule has 4 rings (SSSR count). The van der Waals surface area contributed by atoms with Crippen LogP contribution in [0.3, 0.4) is 0 Å². The van der Waals surface area contributed by atoms with E-state index in [-0.39, 0.29) is 11.3 Å². The second kappa shape index (κ2) is 8.35. The van der Waals surface area contributed by atoms with Crippen molar-refractivity contribution < 1.29 is 28.3 Å². The lowest BCUT2D eigenvalue weighted by atomic mass is 10.1. The molecule has 1 N–H and O–H groups in total. The van der Waals surface area contributed by atoms with E-state index in [9.17, 15) is 19.2 Å². The van der Waals surface area contributed by atoms with Crippen molar-refractivity contribution in [2.75, 3.05) is 12.0 Å². The lowest BCUT2D eigenvalue weighted by Gasteiger charge is -2.26. The van der Waals surface area contributed by atoms with Crippen molar-refractivity contribution in [1.29, 1.82) is 0 Å². The number of carbonyl (C=O) groups is 4. The largest absolute Gasteiger partial charge is 0.465 e. The van der Waals surface area contributed by atoms with E-state index in [2.05, 4.69) is 5.32 Å². The van der Waals surface area contributed by atoms with Crippen LogP contribution in [-0.2, 0) is 14.3 Å². The summed E-state index contributed by atoms with van der Waals surface area (Å²) in [6.45, 7) is 1.88. The van der Waals surface area contributed by atoms with E-state index in [1.807, 2.05) is 6.92 Å². The van der Waals surface area contributed by atoms with Crippen LogP contribution in [0.2, 0.25) is 0 Å². The number of furan rings is 1. The van der Waals surface area contributed by atoms with Crippen LogP contribution in [0.5, 0.6) is 0 Å². The topological polar surface area (TPSA) is 106 Å². The highest BCUT2D eigenvalue weighted by Crippen LogP contribution is 2.28. The number of esters is 1. The van der Waals surface area contributed by atoms with Crippen LogP contribution >= 0.6 is 0 Å². The molecule has 160 valence electrons. The average molecular weight is 430 g/mol. The number of hydrogen-bond acceptors (Lipinski definition) is 6. The molecular weight excluding hydrogens is 412 g/mol. The number of hydrogen-bond donors (Lipinski definition) is 1. The standard InChI is InChI=1S/C24H18N2O6/c1-14-7-9-15(10-8-14)26-22(28)19(21(27)25-24(26)30)13-16-11-12-20(32-16)17-5-3-4-6-18(17)23(29)31-2/h3-13H,1-2H3,(H,25,27,30)/b19-13+. The number of ether oxygens (including phenoxy) is 1. The monoisotopic (exact) mass is 430 g/mol. The maximum atomic E-state index is 13.0. The SMILES string of the molecule is COC(=O)c1ccccc1-c1ccc(/C=C2\C(=O)NC(=O)N(c3ccc(C)cc3)C2=O)o1. The Kier molecular flexibility index (Phi) is 5.43. The van der Waals surface area contributed by atoms with Gasteiger partial charge in [-0.1, -0.05) is 35.9 Å². The van der Waals surface area contributed by atoms with Gasteiger partial charge in [-0.05, 0) is 43.3 Å². The zero-order valence-electron chi connectivity index (χ0n) is 17.2. The molecule has 0 radical (unpaired) electrons. The van der Waals surface area contributed by atoms with Gasteiger partial charge in [-0.15, -0.1) is 0 Å². The summed E-state index contributed by atoms with van der Waals surface area (Å²) in [5.41, 5.74) is 1.85. The predicted octanol–water partition coefficient (Wildman–Crippen LogP) is 3.71. The van der Waals surface area contributed by atoms with Gasteiger partial charge in [0.2, 0.25) is 0 Å². The van der Waals surface area contributed by atoms with E-state index in [1.165, 1.54) is 13.2 Å². The predicted molar refractivity (Wildman–Crippen MR) is 116 cm³/mol. The second-order valence-electron chi connectivity index (χ2n) is 7.03. The van der Waals surface area contributed by atoms with Crippen molar-refractivity contribution in [3.8, 4) is 11.3 Å². The number of nitrogens with zero attached hydrogens (tertiary/aromatic N) is 1. The van der Waals surface area contributed by atoms with Crippen LogP contribution in [0.15, 0.2) is 70.7 Å². The molecule has 0 atom stereocenters. The molecule has 4 amide bonds. The van der Waals surface area contributed by atoms with Crippen molar-refractivity contribution in [2.45, 2.75) is 6.92 Å². The first-order chi connectivity index (χ1) is 15.4. The number of rotatable bonds is 4. The Hall–Kier alpha value is -4.46. The number of nitrogens with one attached hydrogen (secondary N) is 1. The molecule has 0 aliphatic carbocycles. The minimum atomic E-state index is -0.826. The molecule has 8 heteroatoms. The third-order valence-electron chi connectivity index (χ3n) is 4.91. The number of methoxy groups -OCH3 is 1. The molecule has 2 aromatic carbocycles. The molecule has 0 unspecified atom stereocenters. The molecule has 1 aliphatic heterocycles. The van der Waals surface area contributed by atoms with Crippen molar-refractivity contribution >= 4 is 35.6 Å². The highest BCUT2D eigenvalue weighted by molar-refractivity contribution is 6.39. The Morgan fingerprint density at radius 2 is 1.72 bits per heavy atom. The van der Waals surface area contributed by atoms with E-state index in [4.69, 9.17) is 9.15 Å². The third-order valence-corrected chi connectivity index (χ3v) is 4.91. The normalized spacial score (nSPS) is 15.1. The zero-order chi connectivity index (χ0) is 22.8. The molecule has 1 aromatic heterocycles. The van der Waals surface area contributed by atoms with E-state index in [1.54, 1.807) is 60.7 Å². The van der Waals surface area contributed by atoms with Gasteiger partial charge in [-0.25, -0.2) is 14.5 Å². The van der Waals surface area contributed by atoms with E-state index in [0.29, 0.717) is 22.6 Å². The molecule has 1 aliphatic rings. The van der Waals surface area contributed by atoms with Crippen LogP contribution in [0.4, 0.5) is 10.5 Å². The quantitative estimate of drug-likeness (QED) is 0.384. The Balaban J connectivity index is 1.69. The van der Waals surface area contributed by atoms with Crippen molar-refractivity contribution in [3.63, 3.8) is 0 Å². The number of barbiturate groups is 1. The summed E-state index contributed by atoms with van der Waals surface area (Å²) >= 11 is 0. The lowest BCUT2D eigenvalue weighted by molar-refractivity contribution is -0.122. The number of amides is 4.